The van der Waals surface area contributed by atoms with Gasteiger partial charge in [0.15, 0.2) is 0 Å². The lowest BCUT2D eigenvalue weighted by molar-refractivity contribution is -0.122. The molecule has 1 rings (SSSR count). The highest BCUT2D eigenvalue weighted by atomic mass is 16.2. The van der Waals surface area contributed by atoms with Crippen molar-refractivity contribution in [1.29, 1.82) is 0 Å². The van der Waals surface area contributed by atoms with Gasteiger partial charge in [0.2, 0.25) is 5.91 Å². The average molecular weight is 231 g/mol. The Morgan fingerprint density at radius 2 is 2.41 bits per heavy atom. The predicted octanol–water partition coefficient (Wildman–Crippen LogP) is 0.801. The second kappa shape index (κ2) is 6.32. The number of amidine groups is 1. The Labute approximate surface area is 99.3 Å². The minimum Gasteiger partial charge on any atom is -0.310 e. The van der Waals surface area contributed by atoms with Crippen LogP contribution in [0.4, 0.5) is 0 Å². The van der Waals surface area contributed by atoms with Crippen LogP contribution in [0.5, 0.6) is 0 Å². The lowest BCUT2D eigenvalue weighted by Crippen LogP contribution is -2.34. The Morgan fingerprint density at radius 1 is 1.65 bits per heavy atom. The molecular formula is C12H13N3O2. The van der Waals surface area contributed by atoms with Gasteiger partial charge in [0, 0.05) is 18.8 Å². The predicted molar refractivity (Wildman–Crippen MR) is 67.0 cm³/mol. The molecule has 1 amide bonds. The topological polar surface area (TPSA) is 70.9 Å². The number of carbonyl (C=O) groups excluding carboxylic acids is 2. The van der Waals surface area contributed by atoms with E-state index in [2.05, 4.69) is 21.9 Å². The first-order chi connectivity index (χ1) is 8.22. The van der Waals surface area contributed by atoms with Gasteiger partial charge in [0.1, 0.15) is 12.1 Å². The van der Waals surface area contributed by atoms with Gasteiger partial charge in [-0.2, -0.15) is 0 Å². The fourth-order valence-electron chi connectivity index (χ4n) is 1.30. The van der Waals surface area contributed by atoms with Crippen molar-refractivity contribution in [3.8, 4) is 0 Å². The van der Waals surface area contributed by atoms with Crippen LogP contribution in [-0.2, 0) is 9.59 Å². The Balaban J connectivity index is 2.96. The van der Waals surface area contributed by atoms with E-state index in [0.29, 0.717) is 23.4 Å². The summed E-state index contributed by atoms with van der Waals surface area (Å²) >= 11 is 0. The molecule has 1 aliphatic heterocycles. The number of allylic oxidation sites excluding steroid dienone is 3. The Hall–Kier alpha value is -2.30. The molecule has 0 aromatic carbocycles. The highest BCUT2D eigenvalue weighted by molar-refractivity contribution is 6.31. The summed E-state index contributed by atoms with van der Waals surface area (Å²) in [6, 6.07) is 0. The minimum absolute atomic E-state index is 0.192. The Bertz CT molecular complexity index is 456. The molecule has 1 heterocycles. The maximum absolute atomic E-state index is 11.3. The SMILES string of the molecule is C=C/C=C1\C(=NC)C=CN=C1NC(=O)CC=O. The first kappa shape index (κ1) is 12.8. The van der Waals surface area contributed by atoms with E-state index in [0.717, 1.165) is 0 Å². The van der Waals surface area contributed by atoms with E-state index in [1.165, 1.54) is 0 Å². The Kier molecular flexibility index (Phi) is 4.75. The van der Waals surface area contributed by atoms with Crippen molar-refractivity contribution in [1.82, 2.24) is 5.32 Å². The van der Waals surface area contributed by atoms with Crippen LogP contribution in [0.1, 0.15) is 6.42 Å². The third-order valence-corrected chi connectivity index (χ3v) is 2.02. The molecule has 0 saturated heterocycles. The zero-order valence-electron chi connectivity index (χ0n) is 9.51. The van der Waals surface area contributed by atoms with E-state index in [1.54, 1.807) is 31.5 Å². The first-order valence-corrected chi connectivity index (χ1v) is 5.01. The summed E-state index contributed by atoms with van der Waals surface area (Å²) in [6.45, 7) is 3.59. The van der Waals surface area contributed by atoms with E-state index in [1.807, 2.05) is 0 Å². The van der Waals surface area contributed by atoms with Gasteiger partial charge in [0.05, 0.1) is 12.1 Å². The van der Waals surface area contributed by atoms with Crippen molar-refractivity contribution in [2.75, 3.05) is 7.05 Å². The van der Waals surface area contributed by atoms with Gasteiger partial charge in [-0.05, 0) is 12.2 Å². The van der Waals surface area contributed by atoms with Crippen LogP contribution < -0.4 is 5.32 Å². The van der Waals surface area contributed by atoms with Crippen LogP contribution in [-0.4, -0.2) is 30.8 Å². The normalized spacial score (nSPS) is 19.0. The second-order valence-electron chi connectivity index (χ2n) is 3.14. The molecule has 0 bridgehead atoms. The third-order valence-electron chi connectivity index (χ3n) is 2.02. The average Bonchev–Trinajstić information content (AvgIpc) is 2.32. The smallest absolute Gasteiger partial charge is 0.232 e. The van der Waals surface area contributed by atoms with Gasteiger partial charge >= 0.3 is 0 Å². The molecule has 1 N–H and O–H groups in total. The number of amides is 1. The highest BCUT2D eigenvalue weighted by Crippen LogP contribution is 2.08. The molecule has 0 aliphatic carbocycles. The van der Waals surface area contributed by atoms with Crippen LogP contribution >= 0.6 is 0 Å². The van der Waals surface area contributed by atoms with Crippen molar-refractivity contribution in [3.63, 3.8) is 0 Å². The lowest BCUT2D eigenvalue weighted by Gasteiger charge is -2.14. The summed E-state index contributed by atoms with van der Waals surface area (Å²) < 4.78 is 0. The zero-order valence-corrected chi connectivity index (χ0v) is 9.51. The van der Waals surface area contributed by atoms with Crippen LogP contribution in [0, 0.1) is 0 Å². The van der Waals surface area contributed by atoms with Gasteiger partial charge < -0.3 is 10.1 Å². The maximum atomic E-state index is 11.3. The van der Waals surface area contributed by atoms with E-state index < -0.39 is 5.91 Å². The molecule has 5 nitrogen and oxygen atoms in total. The third kappa shape index (κ3) is 3.34. The molecule has 0 aromatic heterocycles. The number of nitrogens with one attached hydrogen (secondary N) is 1. The molecule has 0 radical (unpaired) electrons. The quantitative estimate of drug-likeness (QED) is 0.576. The summed E-state index contributed by atoms with van der Waals surface area (Å²) in [7, 11) is 1.65. The van der Waals surface area contributed by atoms with Crippen LogP contribution in [0.2, 0.25) is 0 Å². The molecular weight excluding hydrogens is 218 g/mol. The van der Waals surface area contributed by atoms with Crippen LogP contribution in [0.3, 0.4) is 0 Å². The number of carbonyl (C=O) groups is 2. The molecule has 17 heavy (non-hydrogen) atoms. The Morgan fingerprint density at radius 3 is 3.00 bits per heavy atom. The van der Waals surface area contributed by atoms with E-state index in [-0.39, 0.29) is 6.42 Å². The second-order valence-corrected chi connectivity index (χ2v) is 3.14. The zero-order chi connectivity index (χ0) is 12.7. The number of hydrogen-bond acceptors (Lipinski definition) is 4. The molecule has 88 valence electrons. The van der Waals surface area contributed by atoms with E-state index in [9.17, 15) is 9.59 Å². The van der Waals surface area contributed by atoms with Crippen molar-refractivity contribution in [2.24, 2.45) is 9.98 Å². The fraction of sp³-hybridized carbons (Fsp3) is 0.167. The molecule has 0 spiro atoms. The molecule has 0 fully saturated rings. The monoisotopic (exact) mass is 231 g/mol. The van der Waals surface area contributed by atoms with Crippen molar-refractivity contribution < 1.29 is 9.59 Å². The molecule has 0 aromatic rings. The van der Waals surface area contributed by atoms with Crippen LogP contribution in [0.25, 0.3) is 0 Å². The van der Waals surface area contributed by atoms with Crippen molar-refractivity contribution >= 4 is 23.7 Å². The highest BCUT2D eigenvalue weighted by Gasteiger charge is 2.16. The van der Waals surface area contributed by atoms with Crippen molar-refractivity contribution in [3.05, 3.63) is 36.6 Å². The largest absolute Gasteiger partial charge is 0.310 e. The van der Waals surface area contributed by atoms with Crippen LogP contribution in [0.15, 0.2) is 46.6 Å². The maximum Gasteiger partial charge on any atom is 0.232 e. The summed E-state index contributed by atoms with van der Waals surface area (Å²) in [5, 5.41) is 2.55. The number of hydrogen-bond donors (Lipinski definition) is 1. The number of aldehydes is 1. The fourth-order valence-corrected chi connectivity index (χ4v) is 1.30. The van der Waals surface area contributed by atoms with E-state index >= 15 is 0 Å². The van der Waals surface area contributed by atoms with Gasteiger partial charge in [-0.3, -0.25) is 9.79 Å². The van der Waals surface area contributed by atoms with Gasteiger partial charge in [0.25, 0.3) is 0 Å². The standard InChI is InChI=1S/C12H13N3O2/c1-3-4-9-10(13-2)5-7-14-12(9)15-11(17)6-8-16/h3-5,7-8H,1,6H2,2H3,(H,14,15,17)/b9-4+,13-10?. The summed E-state index contributed by atoms with van der Waals surface area (Å²) in [5.41, 5.74) is 1.37. The summed E-state index contributed by atoms with van der Waals surface area (Å²) in [4.78, 5) is 29.6. The summed E-state index contributed by atoms with van der Waals surface area (Å²) in [5.74, 6) is -0.0284. The number of nitrogens with zero attached hydrogens (tertiary/aromatic N) is 2. The lowest BCUT2D eigenvalue weighted by atomic mass is 10.1. The minimum atomic E-state index is -0.403. The molecule has 0 atom stereocenters. The molecule has 1 aliphatic rings. The van der Waals surface area contributed by atoms with E-state index in [4.69, 9.17) is 0 Å². The van der Waals surface area contributed by atoms with Gasteiger partial charge in [-0.1, -0.05) is 12.7 Å². The molecule has 0 saturated carbocycles. The van der Waals surface area contributed by atoms with Gasteiger partial charge in [-0.25, -0.2) is 4.99 Å². The molecule has 5 heteroatoms. The van der Waals surface area contributed by atoms with Crippen molar-refractivity contribution in [2.45, 2.75) is 6.42 Å². The number of rotatable bonds is 3. The summed E-state index contributed by atoms with van der Waals surface area (Å²) in [6.07, 6.45) is 6.90. The van der Waals surface area contributed by atoms with Gasteiger partial charge in [-0.15, -0.1) is 0 Å². The first-order valence-electron chi connectivity index (χ1n) is 5.01. The molecule has 0 unspecified atom stereocenters. The number of aliphatic imine (C=N–C) groups is 2.